The standard InChI is InChI=1S/C18H23NO/c1-3-18(2,20)14-19-17-12-8-7-11-16(17)13-15-9-5-4-6-10-15/h4-12,19-20H,3,13-14H2,1-2H3. The zero-order chi connectivity index (χ0) is 14.4. The molecule has 0 aromatic heterocycles. The first-order valence-corrected chi connectivity index (χ1v) is 7.19. The molecule has 0 heterocycles. The van der Waals surface area contributed by atoms with Crippen molar-refractivity contribution in [3.05, 3.63) is 65.7 Å². The van der Waals surface area contributed by atoms with Crippen molar-refractivity contribution in [1.29, 1.82) is 0 Å². The maximum atomic E-state index is 10.1. The molecule has 0 aliphatic heterocycles. The van der Waals surface area contributed by atoms with Crippen molar-refractivity contribution < 1.29 is 5.11 Å². The molecule has 0 aliphatic rings. The van der Waals surface area contributed by atoms with Gasteiger partial charge in [-0.1, -0.05) is 55.5 Å². The summed E-state index contributed by atoms with van der Waals surface area (Å²) < 4.78 is 0. The summed E-state index contributed by atoms with van der Waals surface area (Å²) in [5, 5.41) is 13.5. The molecule has 0 bridgehead atoms. The molecule has 20 heavy (non-hydrogen) atoms. The molecule has 0 spiro atoms. The molecule has 0 aliphatic carbocycles. The Kier molecular flexibility index (Phi) is 4.80. The quantitative estimate of drug-likeness (QED) is 0.835. The molecule has 2 aromatic rings. The molecular formula is C18H23NO. The first-order valence-electron chi connectivity index (χ1n) is 7.19. The summed E-state index contributed by atoms with van der Waals surface area (Å²) in [5.74, 6) is 0. The Labute approximate surface area is 121 Å². The van der Waals surface area contributed by atoms with Gasteiger partial charge in [0, 0.05) is 12.2 Å². The topological polar surface area (TPSA) is 32.3 Å². The zero-order valence-corrected chi connectivity index (χ0v) is 12.3. The number of rotatable bonds is 6. The second-order valence-corrected chi connectivity index (χ2v) is 5.52. The van der Waals surface area contributed by atoms with Crippen molar-refractivity contribution in [2.24, 2.45) is 0 Å². The minimum Gasteiger partial charge on any atom is -0.388 e. The van der Waals surface area contributed by atoms with Gasteiger partial charge in [0.25, 0.3) is 0 Å². The molecule has 0 saturated carbocycles. The highest BCUT2D eigenvalue weighted by Crippen LogP contribution is 2.20. The van der Waals surface area contributed by atoms with E-state index in [4.69, 9.17) is 0 Å². The molecule has 2 nitrogen and oxygen atoms in total. The first kappa shape index (κ1) is 14.6. The lowest BCUT2D eigenvalue weighted by Crippen LogP contribution is -2.32. The average Bonchev–Trinajstić information content (AvgIpc) is 2.47. The van der Waals surface area contributed by atoms with Gasteiger partial charge in [0.15, 0.2) is 0 Å². The number of benzene rings is 2. The first-order chi connectivity index (χ1) is 9.61. The predicted molar refractivity (Wildman–Crippen MR) is 85.1 cm³/mol. The largest absolute Gasteiger partial charge is 0.388 e. The van der Waals surface area contributed by atoms with E-state index in [9.17, 15) is 5.11 Å². The van der Waals surface area contributed by atoms with Gasteiger partial charge in [0.1, 0.15) is 0 Å². The van der Waals surface area contributed by atoms with Gasteiger partial charge < -0.3 is 10.4 Å². The van der Waals surface area contributed by atoms with Crippen LogP contribution in [0.15, 0.2) is 54.6 Å². The summed E-state index contributed by atoms with van der Waals surface area (Å²) in [7, 11) is 0. The van der Waals surface area contributed by atoms with Crippen LogP contribution in [0, 0.1) is 0 Å². The third-order valence-corrected chi connectivity index (χ3v) is 3.68. The van der Waals surface area contributed by atoms with E-state index < -0.39 is 5.60 Å². The summed E-state index contributed by atoms with van der Waals surface area (Å²) in [6.45, 7) is 4.42. The second-order valence-electron chi connectivity index (χ2n) is 5.52. The van der Waals surface area contributed by atoms with Crippen LogP contribution in [0.1, 0.15) is 31.4 Å². The van der Waals surface area contributed by atoms with Gasteiger partial charge in [-0.3, -0.25) is 0 Å². The van der Waals surface area contributed by atoms with Crippen LogP contribution in [0.5, 0.6) is 0 Å². The van der Waals surface area contributed by atoms with Crippen molar-refractivity contribution >= 4 is 5.69 Å². The monoisotopic (exact) mass is 269 g/mol. The van der Waals surface area contributed by atoms with Crippen LogP contribution in [-0.4, -0.2) is 17.3 Å². The number of anilines is 1. The Bertz CT molecular complexity index is 534. The minimum atomic E-state index is -0.667. The number of aliphatic hydroxyl groups is 1. The molecular weight excluding hydrogens is 246 g/mol. The number of hydrogen-bond acceptors (Lipinski definition) is 2. The molecule has 0 radical (unpaired) electrons. The fraction of sp³-hybridized carbons (Fsp3) is 0.333. The van der Waals surface area contributed by atoms with Crippen LogP contribution in [0.2, 0.25) is 0 Å². The predicted octanol–water partition coefficient (Wildman–Crippen LogP) is 3.85. The highest BCUT2D eigenvalue weighted by Gasteiger charge is 2.17. The number of nitrogens with one attached hydrogen (secondary N) is 1. The van der Waals surface area contributed by atoms with Crippen LogP contribution in [0.3, 0.4) is 0 Å². The lowest BCUT2D eigenvalue weighted by atomic mass is 10.0. The van der Waals surface area contributed by atoms with Crippen LogP contribution >= 0.6 is 0 Å². The average molecular weight is 269 g/mol. The minimum absolute atomic E-state index is 0.565. The van der Waals surface area contributed by atoms with E-state index in [0.29, 0.717) is 6.54 Å². The maximum Gasteiger partial charge on any atom is 0.0788 e. The SMILES string of the molecule is CCC(C)(O)CNc1ccccc1Cc1ccccc1. The summed E-state index contributed by atoms with van der Waals surface area (Å²) in [4.78, 5) is 0. The normalized spacial score (nSPS) is 13.8. The van der Waals surface area contributed by atoms with Crippen LogP contribution in [-0.2, 0) is 6.42 Å². The number of para-hydroxylation sites is 1. The summed E-state index contributed by atoms with van der Waals surface area (Å²) in [6.07, 6.45) is 1.64. The van der Waals surface area contributed by atoms with Crippen LogP contribution in [0.4, 0.5) is 5.69 Å². The zero-order valence-electron chi connectivity index (χ0n) is 12.3. The van der Waals surface area contributed by atoms with E-state index in [2.05, 4.69) is 47.8 Å². The summed E-state index contributed by atoms with van der Waals surface area (Å²) in [6, 6.07) is 18.7. The van der Waals surface area contributed by atoms with Crippen molar-refractivity contribution in [3.63, 3.8) is 0 Å². The Balaban J connectivity index is 2.10. The van der Waals surface area contributed by atoms with Crippen molar-refractivity contribution in [1.82, 2.24) is 0 Å². The highest BCUT2D eigenvalue weighted by atomic mass is 16.3. The molecule has 2 heteroatoms. The number of hydrogen-bond donors (Lipinski definition) is 2. The van der Waals surface area contributed by atoms with Gasteiger partial charge in [-0.25, -0.2) is 0 Å². The fourth-order valence-electron chi connectivity index (χ4n) is 2.07. The van der Waals surface area contributed by atoms with E-state index in [1.165, 1.54) is 11.1 Å². The molecule has 106 valence electrons. The smallest absolute Gasteiger partial charge is 0.0788 e. The Morgan fingerprint density at radius 3 is 2.35 bits per heavy atom. The Morgan fingerprint density at radius 1 is 1.00 bits per heavy atom. The van der Waals surface area contributed by atoms with Crippen molar-refractivity contribution in [2.75, 3.05) is 11.9 Å². The van der Waals surface area contributed by atoms with E-state index in [-0.39, 0.29) is 0 Å². The van der Waals surface area contributed by atoms with Crippen molar-refractivity contribution in [2.45, 2.75) is 32.3 Å². The van der Waals surface area contributed by atoms with E-state index in [1.54, 1.807) is 0 Å². The second kappa shape index (κ2) is 6.58. The van der Waals surface area contributed by atoms with Gasteiger partial charge >= 0.3 is 0 Å². The van der Waals surface area contributed by atoms with Crippen LogP contribution in [0.25, 0.3) is 0 Å². The van der Waals surface area contributed by atoms with Gasteiger partial charge in [0.05, 0.1) is 5.60 Å². The van der Waals surface area contributed by atoms with E-state index >= 15 is 0 Å². The third-order valence-electron chi connectivity index (χ3n) is 3.68. The highest BCUT2D eigenvalue weighted by molar-refractivity contribution is 5.53. The Morgan fingerprint density at radius 2 is 1.65 bits per heavy atom. The molecule has 0 amide bonds. The Hall–Kier alpha value is -1.80. The molecule has 1 unspecified atom stereocenters. The van der Waals surface area contributed by atoms with Gasteiger partial charge in [-0.05, 0) is 37.0 Å². The van der Waals surface area contributed by atoms with Gasteiger partial charge in [0.2, 0.25) is 0 Å². The van der Waals surface area contributed by atoms with E-state index in [1.807, 2.05) is 26.0 Å². The molecule has 0 fully saturated rings. The van der Waals surface area contributed by atoms with Crippen LogP contribution < -0.4 is 5.32 Å². The molecule has 1 atom stereocenters. The third kappa shape index (κ3) is 4.10. The van der Waals surface area contributed by atoms with E-state index in [0.717, 1.165) is 18.5 Å². The summed E-state index contributed by atoms with van der Waals surface area (Å²) in [5.41, 5.74) is 2.99. The van der Waals surface area contributed by atoms with Crippen molar-refractivity contribution in [3.8, 4) is 0 Å². The summed E-state index contributed by atoms with van der Waals surface area (Å²) >= 11 is 0. The lowest BCUT2D eigenvalue weighted by Gasteiger charge is -2.23. The van der Waals surface area contributed by atoms with Gasteiger partial charge in [-0.2, -0.15) is 0 Å². The fourth-order valence-corrected chi connectivity index (χ4v) is 2.07. The van der Waals surface area contributed by atoms with Gasteiger partial charge in [-0.15, -0.1) is 0 Å². The molecule has 2 N–H and O–H groups in total. The maximum absolute atomic E-state index is 10.1. The lowest BCUT2D eigenvalue weighted by molar-refractivity contribution is 0.0697. The molecule has 0 saturated heterocycles. The molecule has 2 rings (SSSR count). The molecule has 2 aromatic carbocycles.